The number of nitrogens with one attached hydrogen (secondary N) is 1. The number of hydrogen-bond donors (Lipinski definition) is 1. The fourth-order valence-corrected chi connectivity index (χ4v) is 2.43. The first-order chi connectivity index (χ1) is 13.2. The van der Waals surface area contributed by atoms with Crippen LogP contribution in [0.4, 0.5) is 10.1 Å². The summed E-state index contributed by atoms with van der Waals surface area (Å²) in [6, 6.07) is 14.2. The number of anilines is 1. The minimum absolute atomic E-state index is 0.0502. The molecule has 1 aromatic heterocycles. The molecular weight excluding hydrogens is 349 g/mol. The fraction of sp³-hybridized carbons (Fsp3) is 0.100. The molecular formula is C20H16FN3O3. The molecule has 6 nitrogen and oxygen atoms in total. The number of benzene rings is 2. The topological polar surface area (TPSA) is 80.6 Å². The highest BCUT2D eigenvalue weighted by atomic mass is 19.1. The molecule has 0 saturated heterocycles. The lowest BCUT2D eigenvalue weighted by molar-refractivity contribution is 0.102. The molecule has 1 N–H and O–H groups in total. The lowest BCUT2D eigenvalue weighted by Crippen LogP contribution is -2.14. The Morgan fingerprint density at radius 3 is 2.59 bits per heavy atom. The summed E-state index contributed by atoms with van der Waals surface area (Å²) in [5, 5.41) is 5.59. The van der Waals surface area contributed by atoms with Crippen LogP contribution in [0.5, 0.6) is 5.75 Å². The van der Waals surface area contributed by atoms with Gasteiger partial charge in [0.05, 0.1) is 17.4 Å². The number of nitroso groups, excluding NO2 is 1. The van der Waals surface area contributed by atoms with Gasteiger partial charge in [-0.1, -0.05) is 23.4 Å². The van der Waals surface area contributed by atoms with Crippen molar-refractivity contribution in [2.75, 3.05) is 5.32 Å². The first-order valence-electron chi connectivity index (χ1n) is 8.16. The fourth-order valence-electron chi connectivity index (χ4n) is 2.43. The summed E-state index contributed by atoms with van der Waals surface area (Å²) in [7, 11) is 0. The molecule has 0 atom stereocenters. The first-order valence-corrected chi connectivity index (χ1v) is 8.16. The van der Waals surface area contributed by atoms with Gasteiger partial charge in [-0.3, -0.25) is 9.78 Å². The Bertz CT molecular complexity index is 931. The van der Waals surface area contributed by atoms with Gasteiger partial charge in [0.25, 0.3) is 5.91 Å². The molecule has 136 valence electrons. The molecule has 0 aliphatic rings. The zero-order chi connectivity index (χ0) is 19.1. The maximum Gasteiger partial charge on any atom is 0.259 e. The van der Waals surface area contributed by atoms with Crippen LogP contribution < -0.4 is 10.1 Å². The van der Waals surface area contributed by atoms with E-state index in [9.17, 15) is 14.1 Å². The van der Waals surface area contributed by atoms with Gasteiger partial charge in [-0.15, -0.1) is 0 Å². The van der Waals surface area contributed by atoms with Crippen LogP contribution in [0.3, 0.4) is 0 Å². The van der Waals surface area contributed by atoms with Gasteiger partial charge in [0.15, 0.2) is 0 Å². The van der Waals surface area contributed by atoms with Gasteiger partial charge >= 0.3 is 0 Å². The summed E-state index contributed by atoms with van der Waals surface area (Å²) in [4.78, 5) is 27.2. The summed E-state index contributed by atoms with van der Waals surface area (Å²) >= 11 is 0. The van der Waals surface area contributed by atoms with E-state index >= 15 is 0 Å². The average Bonchev–Trinajstić information content (AvgIpc) is 2.69. The van der Waals surface area contributed by atoms with Gasteiger partial charge in [0, 0.05) is 6.20 Å². The lowest BCUT2D eigenvalue weighted by atomic mass is 10.1. The van der Waals surface area contributed by atoms with Crippen molar-refractivity contribution in [2.24, 2.45) is 5.18 Å². The van der Waals surface area contributed by atoms with E-state index in [0.29, 0.717) is 17.0 Å². The van der Waals surface area contributed by atoms with Crippen LogP contribution in [0.2, 0.25) is 0 Å². The standard InChI is InChI=1S/C20H16FN3O3/c21-16-6-3-14(4-7-16)13-27-19-8-5-15(11-23-26)10-18(19)20(25)24-17-2-1-9-22-12-17/h1-10,12H,11,13H2,(H,24,25). The second-order valence-electron chi connectivity index (χ2n) is 5.73. The number of nitrogens with zero attached hydrogens (tertiary/aromatic N) is 2. The Morgan fingerprint density at radius 1 is 1.11 bits per heavy atom. The molecule has 0 saturated carbocycles. The Labute approximate surface area is 155 Å². The highest BCUT2D eigenvalue weighted by Crippen LogP contribution is 2.23. The third kappa shape index (κ3) is 4.94. The molecule has 0 fully saturated rings. The van der Waals surface area contributed by atoms with Gasteiger partial charge < -0.3 is 10.1 Å². The van der Waals surface area contributed by atoms with Crippen molar-refractivity contribution in [1.29, 1.82) is 0 Å². The van der Waals surface area contributed by atoms with Crippen molar-refractivity contribution >= 4 is 11.6 Å². The maximum atomic E-state index is 13.0. The zero-order valence-corrected chi connectivity index (χ0v) is 14.3. The summed E-state index contributed by atoms with van der Waals surface area (Å²) in [5.74, 6) is -0.388. The highest BCUT2D eigenvalue weighted by Gasteiger charge is 2.15. The number of rotatable bonds is 7. The van der Waals surface area contributed by atoms with E-state index in [1.807, 2.05) is 0 Å². The van der Waals surface area contributed by atoms with Crippen molar-refractivity contribution < 1.29 is 13.9 Å². The Balaban J connectivity index is 1.82. The van der Waals surface area contributed by atoms with Crippen LogP contribution in [-0.4, -0.2) is 10.9 Å². The summed E-state index contributed by atoms with van der Waals surface area (Å²) < 4.78 is 18.8. The van der Waals surface area contributed by atoms with Crippen LogP contribution >= 0.6 is 0 Å². The van der Waals surface area contributed by atoms with Crippen LogP contribution in [0, 0.1) is 10.7 Å². The second kappa shape index (κ2) is 8.66. The maximum absolute atomic E-state index is 13.0. The molecule has 7 heteroatoms. The van der Waals surface area contributed by atoms with E-state index in [1.54, 1.807) is 48.7 Å². The molecule has 0 aliphatic heterocycles. The molecule has 2 aromatic carbocycles. The monoisotopic (exact) mass is 365 g/mol. The minimum Gasteiger partial charge on any atom is -0.488 e. The van der Waals surface area contributed by atoms with E-state index in [-0.39, 0.29) is 24.5 Å². The number of halogens is 1. The number of ether oxygens (including phenoxy) is 1. The zero-order valence-electron chi connectivity index (χ0n) is 14.3. The molecule has 0 unspecified atom stereocenters. The summed E-state index contributed by atoms with van der Waals surface area (Å²) in [5.41, 5.74) is 2.15. The normalized spacial score (nSPS) is 10.3. The molecule has 0 bridgehead atoms. The van der Waals surface area contributed by atoms with Gasteiger partial charge in [0.2, 0.25) is 0 Å². The summed E-state index contributed by atoms with van der Waals surface area (Å²) in [6.07, 6.45) is 3.12. The van der Waals surface area contributed by atoms with Gasteiger partial charge in [0.1, 0.15) is 24.7 Å². The Morgan fingerprint density at radius 2 is 1.89 bits per heavy atom. The van der Waals surface area contributed by atoms with Gasteiger partial charge in [-0.25, -0.2) is 4.39 Å². The highest BCUT2D eigenvalue weighted by molar-refractivity contribution is 6.06. The predicted octanol–water partition coefficient (Wildman–Crippen LogP) is 4.32. The summed E-state index contributed by atoms with van der Waals surface area (Å²) in [6.45, 7) is 0.115. The number of amides is 1. The number of hydrogen-bond acceptors (Lipinski definition) is 5. The Kier molecular flexibility index (Phi) is 5.84. The van der Waals surface area contributed by atoms with Gasteiger partial charge in [-0.2, -0.15) is 4.91 Å². The van der Waals surface area contributed by atoms with E-state index in [1.165, 1.54) is 18.3 Å². The van der Waals surface area contributed by atoms with Crippen LogP contribution in [0.25, 0.3) is 0 Å². The van der Waals surface area contributed by atoms with Crippen LogP contribution in [-0.2, 0) is 13.2 Å². The van der Waals surface area contributed by atoms with Crippen molar-refractivity contribution in [3.63, 3.8) is 0 Å². The largest absolute Gasteiger partial charge is 0.488 e. The van der Waals surface area contributed by atoms with Gasteiger partial charge in [-0.05, 0) is 47.5 Å². The van der Waals surface area contributed by atoms with Crippen molar-refractivity contribution in [1.82, 2.24) is 4.98 Å². The van der Waals surface area contributed by atoms with E-state index < -0.39 is 5.91 Å². The van der Waals surface area contributed by atoms with E-state index in [4.69, 9.17) is 4.74 Å². The molecule has 0 radical (unpaired) electrons. The first kappa shape index (κ1) is 18.2. The molecule has 0 aliphatic carbocycles. The third-order valence-corrected chi connectivity index (χ3v) is 3.76. The van der Waals surface area contributed by atoms with E-state index in [0.717, 1.165) is 5.56 Å². The average molecular weight is 365 g/mol. The molecule has 27 heavy (non-hydrogen) atoms. The SMILES string of the molecule is O=NCc1ccc(OCc2ccc(F)cc2)c(C(=O)Nc2cccnc2)c1. The molecule has 1 heterocycles. The van der Waals surface area contributed by atoms with Crippen molar-refractivity contribution in [3.05, 3.63) is 94.4 Å². The number of aromatic nitrogens is 1. The lowest BCUT2D eigenvalue weighted by Gasteiger charge is -2.13. The van der Waals surface area contributed by atoms with E-state index in [2.05, 4.69) is 15.5 Å². The van der Waals surface area contributed by atoms with Crippen LogP contribution in [0.15, 0.2) is 72.2 Å². The minimum atomic E-state index is -0.398. The number of carbonyl (C=O) groups excluding carboxylic acids is 1. The Hall–Kier alpha value is -3.61. The van der Waals surface area contributed by atoms with Crippen molar-refractivity contribution in [2.45, 2.75) is 13.2 Å². The smallest absolute Gasteiger partial charge is 0.259 e. The third-order valence-electron chi connectivity index (χ3n) is 3.76. The van der Waals surface area contributed by atoms with Crippen molar-refractivity contribution in [3.8, 4) is 5.75 Å². The molecule has 3 rings (SSSR count). The predicted molar refractivity (Wildman–Crippen MR) is 98.9 cm³/mol. The van der Waals surface area contributed by atoms with Crippen LogP contribution in [0.1, 0.15) is 21.5 Å². The molecule has 0 spiro atoms. The quantitative estimate of drug-likeness (QED) is 0.632. The molecule has 1 amide bonds. The molecule has 3 aromatic rings. The number of pyridine rings is 1. The number of carbonyl (C=O) groups is 1. The second-order valence-corrected chi connectivity index (χ2v) is 5.73.